The molecular weight excluding hydrogens is 342 g/mol. The predicted molar refractivity (Wildman–Crippen MR) is 103 cm³/mol. The van der Waals surface area contributed by atoms with Crippen LogP contribution in [0.5, 0.6) is 5.75 Å². The number of aromatic nitrogens is 5. The van der Waals surface area contributed by atoms with Crippen LogP contribution in [0.2, 0.25) is 0 Å². The first-order valence-electron chi connectivity index (χ1n) is 8.47. The molecule has 1 atom stereocenters. The molecule has 1 aromatic carbocycles. The highest BCUT2D eigenvalue weighted by atomic mass is 16.5. The molecule has 3 N–H and O–H groups in total. The second-order valence-corrected chi connectivity index (χ2v) is 6.08. The van der Waals surface area contributed by atoms with Gasteiger partial charge < -0.3 is 15.8 Å². The monoisotopic (exact) mass is 361 g/mol. The fourth-order valence-corrected chi connectivity index (χ4v) is 2.94. The van der Waals surface area contributed by atoms with Crippen molar-refractivity contribution in [2.24, 2.45) is 0 Å². The fourth-order valence-electron chi connectivity index (χ4n) is 2.94. The summed E-state index contributed by atoms with van der Waals surface area (Å²) in [5.74, 6) is 1.87. The molecule has 4 aromatic rings. The van der Waals surface area contributed by atoms with Gasteiger partial charge in [-0.25, -0.2) is 19.5 Å². The van der Waals surface area contributed by atoms with Crippen molar-refractivity contribution in [3.63, 3.8) is 0 Å². The van der Waals surface area contributed by atoms with Gasteiger partial charge in [-0.05, 0) is 30.7 Å². The minimum absolute atomic E-state index is 0.0298. The summed E-state index contributed by atoms with van der Waals surface area (Å²) in [6.07, 6.45) is 5.00. The molecule has 0 amide bonds. The minimum Gasteiger partial charge on any atom is -0.497 e. The number of rotatable bonds is 5. The number of ether oxygens (including phenoxy) is 1. The summed E-state index contributed by atoms with van der Waals surface area (Å²) in [5.41, 5.74) is 9.19. The molecule has 0 unspecified atom stereocenters. The van der Waals surface area contributed by atoms with Gasteiger partial charge in [0.25, 0.3) is 0 Å². The van der Waals surface area contributed by atoms with E-state index in [-0.39, 0.29) is 6.04 Å². The average Bonchev–Trinajstić information content (AvgIpc) is 3.04. The lowest BCUT2D eigenvalue weighted by Crippen LogP contribution is -2.08. The van der Waals surface area contributed by atoms with E-state index in [2.05, 4.69) is 32.3 Å². The molecule has 0 radical (unpaired) electrons. The third-order valence-corrected chi connectivity index (χ3v) is 4.30. The van der Waals surface area contributed by atoms with Gasteiger partial charge in [-0.1, -0.05) is 12.1 Å². The van der Waals surface area contributed by atoms with E-state index in [1.54, 1.807) is 30.1 Å². The number of fused-ring (bicyclic) bond motifs is 1. The molecule has 0 fully saturated rings. The van der Waals surface area contributed by atoms with Crippen LogP contribution in [0.1, 0.15) is 18.5 Å². The SMILES string of the molecule is COc1cccc([C@@H](C)Nc2cc(-c3c(N)nn4cccnc34)ncn2)c1. The van der Waals surface area contributed by atoms with Crippen LogP contribution in [0.25, 0.3) is 16.9 Å². The number of nitrogens with one attached hydrogen (secondary N) is 1. The molecule has 0 aliphatic rings. The van der Waals surface area contributed by atoms with Crippen LogP contribution in [-0.4, -0.2) is 31.7 Å². The van der Waals surface area contributed by atoms with Gasteiger partial charge in [-0.2, -0.15) is 0 Å². The first-order valence-corrected chi connectivity index (χ1v) is 8.47. The fraction of sp³-hybridized carbons (Fsp3) is 0.158. The van der Waals surface area contributed by atoms with Crippen molar-refractivity contribution in [1.29, 1.82) is 0 Å². The number of anilines is 2. The zero-order valence-electron chi connectivity index (χ0n) is 15.0. The van der Waals surface area contributed by atoms with Gasteiger partial charge in [0.15, 0.2) is 11.5 Å². The normalized spacial score (nSPS) is 12.1. The Bertz CT molecular complexity index is 1090. The van der Waals surface area contributed by atoms with Gasteiger partial charge in [0.1, 0.15) is 17.9 Å². The third kappa shape index (κ3) is 3.24. The molecule has 0 bridgehead atoms. The lowest BCUT2D eigenvalue weighted by Gasteiger charge is -2.16. The summed E-state index contributed by atoms with van der Waals surface area (Å²) < 4.78 is 6.93. The highest BCUT2D eigenvalue weighted by Crippen LogP contribution is 2.29. The van der Waals surface area contributed by atoms with E-state index in [0.717, 1.165) is 11.3 Å². The average molecular weight is 361 g/mol. The number of nitrogens with zero attached hydrogens (tertiary/aromatic N) is 5. The highest BCUT2D eigenvalue weighted by Gasteiger charge is 2.16. The third-order valence-electron chi connectivity index (χ3n) is 4.30. The Labute approximate surface area is 156 Å². The zero-order valence-corrected chi connectivity index (χ0v) is 15.0. The number of hydrogen-bond acceptors (Lipinski definition) is 7. The van der Waals surface area contributed by atoms with Crippen molar-refractivity contribution in [3.05, 3.63) is 60.7 Å². The summed E-state index contributed by atoms with van der Waals surface area (Å²) >= 11 is 0. The van der Waals surface area contributed by atoms with Crippen molar-refractivity contribution >= 4 is 17.3 Å². The maximum atomic E-state index is 6.09. The summed E-state index contributed by atoms with van der Waals surface area (Å²) in [6, 6.07) is 11.6. The van der Waals surface area contributed by atoms with Crippen LogP contribution < -0.4 is 15.8 Å². The first kappa shape index (κ1) is 16.8. The number of nitrogens with two attached hydrogens (primary N) is 1. The quantitative estimate of drug-likeness (QED) is 0.563. The largest absolute Gasteiger partial charge is 0.497 e. The molecule has 3 heterocycles. The molecule has 136 valence electrons. The van der Waals surface area contributed by atoms with E-state index in [4.69, 9.17) is 10.5 Å². The molecule has 0 aliphatic carbocycles. The second-order valence-electron chi connectivity index (χ2n) is 6.08. The van der Waals surface area contributed by atoms with E-state index in [0.29, 0.717) is 28.5 Å². The molecule has 0 spiro atoms. The Morgan fingerprint density at radius 1 is 1.15 bits per heavy atom. The van der Waals surface area contributed by atoms with Gasteiger partial charge in [-0.15, -0.1) is 5.10 Å². The van der Waals surface area contributed by atoms with E-state index in [1.165, 1.54) is 6.33 Å². The van der Waals surface area contributed by atoms with Crippen LogP contribution in [0.3, 0.4) is 0 Å². The Hall–Kier alpha value is -3.68. The molecule has 8 heteroatoms. The number of nitrogen functional groups attached to an aromatic ring is 1. The van der Waals surface area contributed by atoms with Gasteiger partial charge in [-0.3, -0.25) is 0 Å². The Kier molecular flexibility index (Phi) is 4.29. The van der Waals surface area contributed by atoms with Crippen molar-refractivity contribution in [1.82, 2.24) is 24.6 Å². The summed E-state index contributed by atoms with van der Waals surface area (Å²) in [4.78, 5) is 13.0. The minimum atomic E-state index is 0.0298. The van der Waals surface area contributed by atoms with Crippen molar-refractivity contribution in [2.45, 2.75) is 13.0 Å². The lowest BCUT2D eigenvalue weighted by atomic mass is 10.1. The molecular formula is C19H19N7O. The van der Waals surface area contributed by atoms with Crippen LogP contribution in [0.15, 0.2) is 55.1 Å². The Morgan fingerprint density at radius 3 is 2.89 bits per heavy atom. The summed E-state index contributed by atoms with van der Waals surface area (Å²) in [6.45, 7) is 2.06. The van der Waals surface area contributed by atoms with Crippen LogP contribution in [0, 0.1) is 0 Å². The summed E-state index contributed by atoms with van der Waals surface area (Å²) in [7, 11) is 1.66. The highest BCUT2D eigenvalue weighted by molar-refractivity contribution is 5.84. The predicted octanol–water partition coefficient (Wildman–Crippen LogP) is 2.95. The van der Waals surface area contributed by atoms with Gasteiger partial charge in [0, 0.05) is 18.5 Å². The molecule has 0 saturated heterocycles. The van der Waals surface area contributed by atoms with Gasteiger partial charge in [0.05, 0.1) is 24.4 Å². The molecule has 4 rings (SSSR count). The molecule has 27 heavy (non-hydrogen) atoms. The zero-order chi connectivity index (χ0) is 18.8. The summed E-state index contributed by atoms with van der Waals surface area (Å²) in [5, 5.41) is 7.67. The van der Waals surface area contributed by atoms with Gasteiger partial charge >= 0.3 is 0 Å². The Morgan fingerprint density at radius 2 is 2.04 bits per heavy atom. The molecule has 0 aliphatic heterocycles. The van der Waals surface area contributed by atoms with E-state index < -0.39 is 0 Å². The topological polar surface area (TPSA) is 103 Å². The standard InChI is InChI=1S/C19H19N7O/c1-12(13-5-3-6-14(9-13)27-2)24-16-10-15(22-11-23-16)17-18(20)25-26-8-4-7-21-19(17)26/h3-12H,1-2H3,(H2,20,25)(H,22,23,24)/t12-/m1/s1. The van der Waals surface area contributed by atoms with Crippen molar-refractivity contribution in [2.75, 3.05) is 18.2 Å². The van der Waals surface area contributed by atoms with Crippen LogP contribution in [-0.2, 0) is 0 Å². The van der Waals surface area contributed by atoms with Crippen LogP contribution in [0.4, 0.5) is 11.6 Å². The maximum absolute atomic E-state index is 6.09. The lowest BCUT2D eigenvalue weighted by molar-refractivity contribution is 0.414. The van der Waals surface area contributed by atoms with Crippen molar-refractivity contribution in [3.8, 4) is 17.0 Å². The van der Waals surface area contributed by atoms with E-state index >= 15 is 0 Å². The number of benzene rings is 1. The Balaban J connectivity index is 1.65. The smallest absolute Gasteiger partial charge is 0.166 e. The second kappa shape index (κ2) is 6.91. The number of methoxy groups -OCH3 is 1. The number of hydrogen-bond donors (Lipinski definition) is 2. The van der Waals surface area contributed by atoms with Gasteiger partial charge in [0.2, 0.25) is 0 Å². The molecule has 0 saturated carbocycles. The maximum Gasteiger partial charge on any atom is 0.166 e. The first-order chi connectivity index (χ1) is 13.2. The van der Waals surface area contributed by atoms with Crippen molar-refractivity contribution < 1.29 is 4.74 Å². The van der Waals surface area contributed by atoms with Crippen LogP contribution >= 0.6 is 0 Å². The molecule has 3 aromatic heterocycles. The van der Waals surface area contributed by atoms with E-state index in [9.17, 15) is 0 Å². The van der Waals surface area contributed by atoms with E-state index in [1.807, 2.05) is 30.3 Å². The molecule has 8 nitrogen and oxygen atoms in total.